The van der Waals surface area contributed by atoms with Gasteiger partial charge in [0.15, 0.2) is 0 Å². The molecule has 0 aromatic rings. The summed E-state index contributed by atoms with van der Waals surface area (Å²) < 4.78 is 23.7. The van der Waals surface area contributed by atoms with Crippen molar-refractivity contribution in [2.24, 2.45) is 23.7 Å². The van der Waals surface area contributed by atoms with Crippen molar-refractivity contribution in [1.29, 1.82) is 0 Å². The lowest BCUT2D eigenvalue weighted by Crippen LogP contribution is -2.35. The summed E-state index contributed by atoms with van der Waals surface area (Å²) in [5, 5.41) is 247. The molecule has 0 aromatic heterocycles. The maximum atomic E-state index is 9.17. The molecule has 14 atom stereocenters. The fraction of sp³-hybridized carbons (Fsp3) is 1.00. The molecule has 0 rings (SSSR count). The summed E-state index contributed by atoms with van der Waals surface area (Å²) in [5.74, 6) is 0.657. The molecule has 0 radical (unpaired) electrons. The molecule has 0 aliphatic heterocycles. The monoisotopic (exact) mass is 1850 g/mol. The number of aliphatic hydroxyl groups is 29. The van der Waals surface area contributed by atoms with E-state index in [0.717, 1.165) is 141 Å². The first-order valence-electron chi connectivity index (χ1n) is 46.2. The highest BCUT2D eigenvalue weighted by molar-refractivity contribution is 4.75. The molecule has 784 valence electrons. The largest absolute Gasteiger partial charge is 0.396 e. The van der Waals surface area contributed by atoms with Crippen LogP contribution < -0.4 is 0 Å². The average molecular weight is 1850 g/mol. The van der Waals surface area contributed by atoms with E-state index in [1.54, 1.807) is 49.4 Å². The Labute approximate surface area is 762 Å². The lowest BCUT2D eigenvalue weighted by atomic mass is 9.98. The van der Waals surface area contributed by atoms with Crippen LogP contribution in [0.5, 0.6) is 0 Å². The number of rotatable bonds is 55. The SMILES string of the molecule is CCC(CO)CO.CCC(CO)COC.CCCC(CO)CO.CCCC(O)C(C)(C)O.CCCCC(CO)CO.CCCC[C@@H](O)CO.CCCC[C@H](O)CO.CCC[C@@H](O)CO.CCC[C@H](O)CO.CC[C@@H](CO)OC.CC[C@@H](O)CCO.CC[C@@H](O)CO.CC[C@@H](O)COC.CC[C@H](CO)OC.CC[C@H](O)CCO.CC[C@H](O)CO.CC[C@H](O)COC. The molecule has 34 heteroatoms. The smallest absolute Gasteiger partial charge is 0.0849 e. The van der Waals surface area contributed by atoms with Crippen LogP contribution in [0.2, 0.25) is 0 Å². The zero-order valence-electron chi connectivity index (χ0n) is 84.0. The molecule has 0 amide bonds. The molecule has 0 aliphatic rings. The Morgan fingerprint density at radius 1 is 0.208 bits per heavy atom. The Hall–Kier alpha value is -1.36. The van der Waals surface area contributed by atoms with Crippen molar-refractivity contribution in [3.63, 3.8) is 0 Å². The summed E-state index contributed by atoms with van der Waals surface area (Å²) in [4.78, 5) is 0. The maximum absolute atomic E-state index is 9.17. The zero-order chi connectivity index (χ0) is 101. The Bertz CT molecular complexity index is 1400. The highest BCUT2D eigenvalue weighted by atomic mass is 16.5. The summed E-state index contributed by atoms with van der Waals surface area (Å²) >= 11 is 0. The van der Waals surface area contributed by atoms with Crippen molar-refractivity contribution in [3.05, 3.63) is 0 Å². The van der Waals surface area contributed by atoms with Crippen molar-refractivity contribution < 1.29 is 172 Å². The third-order valence-electron chi connectivity index (χ3n) is 17.1. The standard InChI is InChI=1S/2C7H16O2.4C6H14O2.9C5H12O2.2C4H10O2/c1-4-5-6(8)7(2,3)9;1-2-3-4-7(5-8)6-9;1-3-6(4-7)5-8-2;1-2-3-6(4-7)5-8;2*1-2-3-4-6(8)5-7;2*1-3-5(6)4-7-2;2*1-3-5(4-6)7-2;1-2-5(3-6)4-7;2*1-2-5(7)3-4-6;2*1-2-3-5(7)4-6;2*1-2-4(6)3-5/h6,8-9H,4-5H2,1-3H3;7-9H,2-6H2,1H3;6-7H,3-5H2,1-2H3;3*6-8H,2-5H2,1H3;4*5-6H,3-4H2,1-2H3;5*5-7H,2-4H2,1H3;2*4-6H,2-3H2,1H3/t;;;;2*6-;4*5-;;4*5-;2*4-/m....101010.101010/s1. The topological polar surface area (TPSA) is 633 Å². The van der Waals surface area contributed by atoms with E-state index in [1.807, 2.05) is 96.9 Å². The molecular weight excluding hydrogens is 1640 g/mol. The van der Waals surface area contributed by atoms with E-state index in [9.17, 15) is 0 Å². The van der Waals surface area contributed by atoms with Crippen LogP contribution in [-0.4, -0.2) is 401 Å². The molecule has 0 heterocycles. The first-order chi connectivity index (χ1) is 59.1. The number of hydrogen-bond acceptors (Lipinski definition) is 34. The first kappa shape index (κ1) is 164. The van der Waals surface area contributed by atoms with Crippen molar-refractivity contribution in [2.45, 2.75) is 403 Å². The van der Waals surface area contributed by atoms with Gasteiger partial charge in [0.1, 0.15) is 0 Å². The molecule has 125 heavy (non-hydrogen) atoms. The fourth-order valence-electron chi connectivity index (χ4n) is 7.10. The van der Waals surface area contributed by atoms with E-state index in [0.29, 0.717) is 70.7 Å². The number of unbranched alkanes of at least 4 members (excludes halogenated alkanes) is 3. The zero-order valence-corrected chi connectivity index (χ0v) is 84.0. The third-order valence-corrected chi connectivity index (χ3v) is 17.1. The van der Waals surface area contributed by atoms with Crippen LogP contribution >= 0.6 is 0 Å². The van der Waals surface area contributed by atoms with Crippen molar-refractivity contribution in [1.82, 2.24) is 0 Å². The minimum Gasteiger partial charge on any atom is -0.396 e. The van der Waals surface area contributed by atoms with Gasteiger partial charge < -0.3 is 172 Å². The number of ether oxygens (including phenoxy) is 5. The average Bonchev–Trinajstić information content (AvgIpc) is 0.926. The molecule has 29 N–H and O–H groups in total. The molecule has 0 saturated carbocycles. The molecule has 0 aromatic carbocycles. The van der Waals surface area contributed by atoms with E-state index in [1.165, 1.54) is 0 Å². The van der Waals surface area contributed by atoms with Crippen molar-refractivity contribution >= 4 is 0 Å². The lowest BCUT2D eigenvalue weighted by molar-refractivity contribution is -0.0514. The molecule has 0 fully saturated rings. The van der Waals surface area contributed by atoms with Crippen molar-refractivity contribution in [3.8, 4) is 0 Å². The predicted molar refractivity (Wildman–Crippen MR) is 504 cm³/mol. The van der Waals surface area contributed by atoms with Crippen LogP contribution in [0.15, 0.2) is 0 Å². The molecule has 2 unspecified atom stereocenters. The Morgan fingerprint density at radius 3 is 0.544 bits per heavy atom. The van der Waals surface area contributed by atoms with Crippen LogP contribution in [0.25, 0.3) is 0 Å². The molecule has 0 bridgehead atoms. The second-order valence-corrected chi connectivity index (χ2v) is 29.7. The van der Waals surface area contributed by atoms with E-state index < -0.39 is 48.3 Å². The summed E-state index contributed by atoms with van der Waals surface area (Å²) in [7, 11) is 8.02. The van der Waals surface area contributed by atoms with Gasteiger partial charge in [-0.2, -0.15) is 0 Å². The van der Waals surface area contributed by atoms with E-state index in [2.05, 4.69) is 30.2 Å². The van der Waals surface area contributed by atoms with Gasteiger partial charge in [0.05, 0.1) is 158 Å². The highest BCUT2D eigenvalue weighted by Crippen LogP contribution is 2.13. The molecule has 0 spiro atoms. The van der Waals surface area contributed by atoms with Crippen LogP contribution in [0.3, 0.4) is 0 Å². The van der Waals surface area contributed by atoms with E-state index >= 15 is 0 Å². The maximum Gasteiger partial charge on any atom is 0.0849 e. The van der Waals surface area contributed by atoms with Gasteiger partial charge in [0, 0.05) is 119 Å². The van der Waals surface area contributed by atoms with Gasteiger partial charge in [-0.3, -0.25) is 0 Å². The molecular formula is C91H216O34. The number of methoxy groups -OCH3 is 5. The quantitative estimate of drug-likeness (QED) is 0.0359. The van der Waals surface area contributed by atoms with Crippen LogP contribution in [0.1, 0.15) is 318 Å². The Balaban J connectivity index is -0.0000000662. The Morgan fingerprint density at radius 2 is 0.448 bits per heavy atom. The first-order valence-corrected chi connectivity index (χ1v) is 46.2. The Kier molecular flexibility index (Phi) is 197. The van der Waals surface area contributed by atoms with E-state index in [-0.39, 0.29) is 167 Å². The van der Waals surface area contributed by atoms with Crippen LogP contribution in [0.4, 0.5) is 0 Å². The van der Waals surface area contributed by atoms with E-state index in [4.69, 9.17) is 162 Å². The minimum absolute atomic E-state index is 0.0417. The molecule has 34 nitrogen and oxygen atoms in total. The second kappa shape index (κ2) is 151. The van der Waals surface area contributed by atoms with Gasteiger partial charge in [0.2, 0.25) is 0 Å². The normalized spacial score (nSPS) is 13.5. The third kappa shape index (κ3) is 187. The van der Waals surface area contributed by atoms with Crippen molar-refractivity contribution in [2.75, 3.05) is 168 Å². The van der Waals surface area contributed by atoms with Gasteiger partial charge >= 0.3 is 0 Å². The van der Waals surface area contributed by atoms with Gasteiger partial charge in [0.25, 0.3) is 0 Å². The van der Waals surface area contributed by atoms with Gasteiger partial charge in [-0.1, -0.05) is 182 Å². The van der Waals surface area contributed by atoms with Crippen LogP contribution in [0, 0.1) is 23.7 Å². The number of hydrogen-bond donors (Lipinski definition) is 29. The summed E-state index contributed by atoms with van der Waals surface area (Å²) in [5.41, 5.74) is -0.935. The molecule has 0 aliphatic carbocycles. The van der Waals surface area contributed by atoms with Gasteiger partial charge in [-0.25, -0.2) is 0 Å². The van der Waals surface area contributed by atoms with Gasteiger partial charge in [-0.15, -0.1) is 0 Å². The second-order valence-electron chi connectivity index (χ2n) is 29.7. The summed E-state index contributed by atoms with van der Waals surface area (Å²) in [6.45, 7) is 38.9. The minimum atomic E-state index is -0.935. The van der Waals surface area contributed by atoms with Crippen LogP contribution in [-0.2, 0) is 23.7 Å². The van der Waals surface area contributed by atoms with Gasteiger partial charge in [-0.05, 0) is 136 Å². The molecule has 0 saturated heterocycles. The lowest BCUT2D eigenvalue weighted by Gasteiger charge is -2.23. The fourth-order valence-corrected chi connectivity index (χ4v) is 7.10. The highest BCUT2D eigenvalue weighted by Gasteiger charge is 2.23. The predicted octanol–water partition coefficient (Wildman–Crippen LogP) is 5.46. The summed E-state index contributed by atoms with van der Waals surface area (Å²) in [6.07, 6.45) is 19.9. The number of aliphatic hydroxyl groups excluding tert-OH is 28. The summed E-state index contributed by atoms with van der Waals surface area (Å²) in [6, 6.07) is 0.